The third-order valence-corrected chi connectivity index (χ3v) is 5.20. The molecule has 0 saturated carbocycles. The number of unbranched alkanes of at least 4 members (excludes halogenated alkanes) is 1. The number of hydrogen-bond donors (Lipinski definition) is 2. The van der Waals surface area contributed by atoms with Gasteiger partial charge >= 0.3 is 5.97 Å². The Hall–Kier alpha value is -3.86. The number of carbonyl (C=O) groups excluding carboxylic acids is 2. The van der Waals surface area contributed by atoms with Gasteiger partial charge in [0.05, 0.1) is 17.7 Å². The average Bonchev–Trinajstić information content (AvgIpc) is 2.78. The summed E-state index contributed by atoms with van der Waals surface area (Å²) in [6.07, 6.45) is 1.76. The monoisotopic (exact) mass is 413 g/mol. The number of phenols is 1. The van der Waals surface area contributed by atoms with Crippen molar-refractivity contribution in [3.63, 3.8) is 0 Å². The second-order valence-electron chi connectivity index (χ2n) is 7.40. The molecule has 4 aromatic rings. The number of nitrogens with one attached hydrogen (secondary N) is 1. The van der Waals surface area contributed by atoms with Gasteiger partial charge in [-0.2, -0.15) is 0 Å². The van der Waals surface area contributed by atoms with Crippen molar-refractivity contribution in [2.45, 2.75) is 19.8 Å². The van der Waals surface area contributed by atoms with Gasteiger partial charge in [0.1, 0.15) is 5.75 Å². The van der Waals surface area contributed by atoms with Crippen molar-refractivity contribution in [1.29, 1.82) is 0 Å². The molecule has 156 valence electrons. The Bertz CT molecular complexity index is 1270. The standard InChI is InChI=1S/C26H23NO4/c1-2-3-13-31-26(30)19-12-11-18-16-24(28)22(15-20(18)14-19)25(29)27-23-10-6-8-17-7-4-5-9-21(17)23/h4-12,14-16,28H,2-3,13H2,1H3,(H,27,29). The molecular weight excluding hydrogens is 390 g/mol. The Balaban J connectivity index is 1.64. The highest BCUT2D eigenvalue weighted by Gasteiger charge is 2.15. The number of anilines is 1. The van der Waals surface area contributed by atoms with Gasteiger partial charge in [-0.3, -0.25) is 4.79 Å². The summed E-state index contributed by atoms with van der Waals surface area (Å²) in [7, 11) is 0. The van der Waals surface area contributed by atoms with Crippen molar-refractivity contribution in [3.05, 3.63) is 83.9 Å². The average molecular weight is 413 g/mol. The number of esters is 1. The van der Waals surface area contributed by atoms with E-state index in [1.807, 2.05) is 49.4 Å². The molecule has 0 fully saturated rings. The fraction of sp³-hybridized carbons (Fsp3) is 0.154. The van der Waals surface area contributed by atoms with Crippen LogP contribution in [0, 0.1) is 0 Å². The molecular formula is C26H23NO4. The Labute approximate surface area is 180 Å². The van der Waals surface area contributed by atoms with E-state index in [2.05, 4.69) is 5.32 Å². The molecule has 0 bridgehead atoms. The summed E-state index contributed by atoms with van der Waals surface area (Å²) < 4.78 is 5.27. The van der Waals surface area contributed by atoms with Crippen LogP contribution in [-0.4, -0.2) is 23.6 Å². The quantitative estimate of drug-likeness (QED) is 0.304. The highest BCUT2D eigenvalue weighted by molar-refractivity contribution is 6.12. The molecule has 2 N–H and O–H groups in total. The zero-order valence-electron chi connectivity index (χ0n) is 17.2. The van der Waals surface area contributed by atoms with E-state index in [0.29, 0.717) is 23.2 Å². The van der Waals surface area contributed by atoms with E-state index in [1.54, 1.807) is 24.3 Å². The van der Waals surface area contributed by atoms with E-state index < -0.39 is 11.9 Å². The van der Waals surface area contributed by atoms with Crippen molar-refractivity contribution >= 4 is 39.1 Å². The van der Waals surface area contributed by atoms with Crippen LogP contribution in [-0.2, 0) is 4.74 Å². The summed E-state index contributed by atoms with van der Waals surface area (Å²) in [5.74, 6) is -0.944. The van der Waals surface area contributed by atoms with Gasteiger partial charge in [0.2, 0.25) is 0 Å². The molecule has 0 unspecified atom stereocenters. The van der Waals surface area contributed by atoms with Gasteiger partial charge < -0.3 is 15.2 Å². The van der Waals surface area contributed by atoms with Crippen LogP contribution in [0.15, 0.2) is 72.8 Å². The number of rotatable bonds is 6. The lowest BCUT2D eigenvalue weighted by molar-refractivity contribution is 0.0500. The topological polar surface area (TPSA) is 75.6 Å². The fourth-order valence-corrected chi connectivity index (χ4v) is 3.51. The summed E-state index contributed by atoms with van der Waals surface area (Å²) in [6, 6.07) is 21.6. The van der Waals surface area contributed by atoms with Crippen LogP contribution < -0.4 is 5.32 Å². The molecule has 0 radical (unpaired) electrons. The van der Waals surface area contributed by atoms with Gasteiger partial charge in [-0.25, -0.2) is 4.79 Å². The van der Waals surface area contributed by atoms with Crippen LogP contribution in [0.5, 0.6) is 5.75 Å². The van der Waals surface area contributed by atoms with E-state index in [-0.39, 0.29) is 11.3 Å². The minimum atomic E-state index is -0.424. The third-order valence-electron chi connectivity index (χ3n) is 5.20. The third kappa shape index (κ3) is 4.36. The molecule has 4 aromatic carbocycles. The van der Waals surface area contributed by atoms with E-state index in [1.165, 1.54) is 6.07 Å². The number of benzene rings is 4. The normalized spacial score (nSPS) is 10.9. The van der Waals surface area contributed by atoms with Gasteiger partial charge in [0, 0.05) is 11.1 Å². The predicted molar refractivity (Wildman–Crippen MR) is 123 cm³/mol. The maximum atomic E-state index is 13.0. The Morgan fingerprint density at radius 3 is 2.55 bits per heavy atom. The highest BCUT2D eigenvalue weighted by Crippen LogP contribution is 2.29. The minimum absolute atomic E-state index is 0.122. The first-order valence-corrected chi connectivity index (χ1v) is 10.3. The molecule has 0 aliphatic rings. The Morgan fingerprint density at radius 1 is 0.903 bits per heavy atom. The van der Waals surface area contributed by atoms with Gasteiger partial charge in [0.15, 0.2) is 0 Å². The summed E-state index contributed by atoms with van der Waals surface area (Å²) >= 11 is 0. The number of carbonyl (C=O) groups is 2. The lowest BCUT2D eigenvalue weighted by Crippen LogP contribution is -2.12. The smallest absolute Gasteiger partial charge is 0.338 e. The zero-order valence-corrected chi connectivity index (χ0v) is 17.2. The molecule has 0 atom stereocenters. The number of amides is 1. The first-order valence-electron chi connectivity index (χ1n) is 10.3. The number of aromatic hydroxyl groups is 1. The van der Waals surface area contributed by atoms with Crippen LogP contribution in [0.2, 0.25) is 0 Å². The summed E-state index contributed by atoms with van der Waals surface area (Å²) in [5, 5.41) is 16.6. The molecule has 0 spiro atoms. The number of phenolic OH excluding ortho intramolecular Hbond substituents is 1. The maximum absolute atomic E-state index is 13.0. The molecule has 31 heavy (non-hydrogen) atoms. The molecule has 0 heterocycles. The van der Waals surface area contributed by atoms with Crippen LogP contribution in [0.1, 0.15) is 40.5 Å². The Morgan fingerprint density at radius 2 is 1.71 bits per heavy atom. The van der Waals surface area contributed by atoms with Crippen molar-refractivity contribution in [1.82, 2.24) is 0 Å². The van der Waals surface area contributed by atoms with E-state index in [0.717, 1.165) is 29.0 Å². The maximum Gasteiger partial charge on any atom is 0.338 e. The number of fused-ring (bicyclic) bond motifs is 2. The lowest BCUT2D eigenvalue weighted by Gasteiger charge is -2.11. The number of ether oxygens (including phenoxy) is 1. The predicted octanol–water partition coefficient (Wildman–Crippen LogP) is 5.91. The van der Waals surface area contributed by atoms with Crippen molar-refractivity contribution in [2.75, 3.05) is 11.9 Å². The highest BCUT2D eigenvalue weighted by atomic mass is 16.5. The summed E-state index contributed by atoms with van der Waals surface area (Å²) in [5.41, 5.74) is 1.21. The van der Waals surface area contributed by atoms with Gasteiger partial charge in [-0.15, -0.1) is 0 Å². The summed E-state index contributed by atoms with van der Waals surface area (Å²) in [6.45, 7) is 2.41. The first kappa shape index (κ1) is 20.4. The fourth-order valence-electron chi connectivity index (χ4n) is 3.51. The van der Waals surface area contributed by atoms with Gasteiger partial charge in [-0.05, 0) is 52.9 Å². The van der Waals surface area contributed by atoms with Crippen molar-refractivity contribution in [2.24, 2.45) is 0 Å². The minimum Gasteiger partial charge on any atom is -0.507 e. The summed E-state index contributed by atoms with van der Waals surface area (Å²) in [4.78, 5) is 25.2. The second-order valence-corrected chi connectivity index (χ2v) is 7.40. The molecule has 4 rings (SSSR count). The molecule has 0 aliphatic heterocycles. The van der Waals surface area contributed by atoms with Gasteiger partial charge in [-0.1, -0.05) is 55.8 Å². The molecule has 0 aromatic heterocycles. The Kier molecular flexibility index (Phi) is 5.85. The largest absolute Gasteiger partial charge is 0.507 e. The van der Waals surface area contributed by atoms with Crippen molar-refractivity contribution < 1.29 is 19.4 Å². The molecule has 5 nitrogen and oxygen atoms in total. The van der Waals surface area contributed by atoms with Crippen LogP contribution >= 0.6 is 0 Å². The van der Waals surface area contributed by atoms with Crippen LogP contribution in [0.25, 0.3) is 21.5 Å². The van der Waals surface area contributed by atoms with E-state index in [4.69, 9.17) is 4.74 Å². The molecule has 5 heteroatoms. The first-order chi connectivity index (χ1) is 15.1. The molecule has 0 saturated heterocycles. The molecule has 0 aliphatic carbocycles. The van der Waals surface area contributed by atoms with Gasteiger partial charge in [0.25, 0.3) is 5.91 Å². The number of hydrogen-bond acceptors (Lipinski definition) is 4. The SMILES string of the molecule is CCCCOC(=O)c1ccc2cc(O)c(C(=O)Nc3cccc4ccccc34)cc2c1. The second kappa shape index (κ2) is 8.88. The molecule has 1 amide bonds. The van der Waals surface area contributed by atoms with Crippen LogP contribution in [0.3, 0.4) is 0 Å². The van der Waals surface area contributed by atoms with E-state index in [9.17, 15) is 14.7 Å². The van der Waals surface area contributed by atoms with E-state index >= 15 is 0 Å². The van der Waals surface area contributed by atoms with Crippen molar-refractivity contribution in [3.8, 4) is 5.75 Å². The zero-order chi connectivity index (χ0) is 21.8. The van der Waals surface area contributed by atoms with Crippen LogP contribution in [0.4, 0.5) is 5.69 Å². The lowest BCUT2D eigenvalue weighted by atomic mass is 10.0.